The summed E-state index contributed by atoms with van der Waals surface area (Å²) in [6.45, 7) is 0.554. The van der Waals surface area contributed by atoms with E-state index < -0.39 is 6.10 Å². The smallest absolute Gasteiger partial charge is 0.233 e. The van der Waals surface area contributed by atoms with Gasteiger partial charge in [-0.05, 0) is 0 Å². The molecule has 5 heteroatoms. The minimum atomic E-state index is -0.608. The zero-order valence-electron chi connectivity index (χ0n) is 7.29. The summed E-state index contributed by atoms with van der Waals surface area (Å²) >= 11 is 3.04. The van der Waals surface area contributed by atoms with E-state index in [0.29, 0.717) is 6.54 Å². The summed E-state index contributed by atoms with van der Waals surface area (Å²) in [6, 6.07) is 0. The summed E-state index contributed by atoms with van der Waals surface area (Å²) in [5, 5.41) is 9.51. The van der Waals surface area contributed by atoms with Gasteiger partial charge in [0.05, 0.1) is 18.0 Å². The van der Waals surface area contributed by atoms with Crippen LogP contribution in [0, 0.1) is 0 Å². The van der Waals surface area contributed by atoms with Crippen LogP contribution in [0.1, 0.15) is 0 Å². The molecule has 0 aliphatic heterocycles. The highest BCUT2D eigenvalue weighted by molar-refractivity contribution is 9.09. The van der Waals surface area contributed by atoms with E-state index in [2.05, 4.69) is 15.9 Å². The topological polar surface area (TPSA) is 49.8 Å². The Balaban J connectivity index is 3.67. The monoisotopic (exact) mass is 239 g/mol. The molecule has 72 valence electrons. The van der Waals surface area contributed by atoms with Crippen LogP contribution < -0.4 is 0 Å². The molecule has 0 aliphatic rings. The summed E-state index contributed by atoms with van der Waals surface area (Å²) in [7, 11) is 3.15. The Morgan fingerprint density at radius 3 is 2.75 bits per heavy atom. The number of amides is 1. The third-order valence-corrected chi connectivity index (χ3v) is 1.86. The zero-order chi connectivity index (χ0) is 9.56. The number of carbonyl (C=O) groups excluding carboxylic acids is 1. The van der Waals surface area contributed by atoms with Crippen molar-refractivity contribution < 1.29 is 14.6 Å². The fraction of sp³-hybridized carbons (Fsp3) is 0.857. The average molecular weight is 240 g/mol. The maximum atomic E-state index is 11.0. The van der Waals surface area contributed by atoms with E-state index in [-0.39, 0.29) is 17.8 Å². The van der Waals surface area contributed by atoms with Crippen molar-refractivity contribution >= 4 is 21.8 Å². The molecule has 12 heavy (non-hydrogen) atoms. The van der Waals surface area contributed by atoms with Crippen molar-refractivity contribution in [3.63, 3.8) is 0 Å². The van der Waals surface area contributed by atoms with Crippen LogP contribution in [-0.4, -0.2) is 54.7 Å². The zero-order valence-corrected chi connectivity index (χ0v) is 8.87. The maximum Gasteiger partial charge on any atom is 0.233 e. The number of likely N-dealkylation sites (N-methyl/N-ethyl adjacent to an activating group) is 1. The highest BCUT2D eigenvalue weighted by Crippen LogP contribution is 1.93. The van der Waals surface area contributed by atoms with Crippen molar-refractivity contribution in [3.8, 4) is 0 Å². The summed E-state index contributed by atoms with van der Waals surface area (Å²) in [6.07, 6.45) is -0.608. The first-order valence-electron chi connectivity index (χ1n) is 3.58. The molecular formula is C7H14BrNO3. The molecule has 0 rings (SSSR count). The predicted molar refractivity (Wildman–Crippen MR) is 49.3 cm³/mol. The van der Waals surface area contributed by atoms with Gasteiger partial charge >= 0.3 is 0 Å². The van der Waals surface area contributed by atoms with Crippen LogP contribution in [0.2, 0.25) is 0 Å². The Kier molecular flexibility index (Phi) is 6.32. The number of hydrogen-bond donors (Lipinski definition) is 1. The number of methoxy groups -OCH3 is 1. The van der Waals surface area contributed by atoms with E-state index in [1.54, 1.807) is 7.05 Å². The van der Waals surface area contributed by atoms with Gasteiger partial charge in [0.25, 0.3) is 0 Å². The number of alkyl halides is 1. The van der Waals surface area contributed by atoms with Gasteiger partial charge in [-0.25, -0.2) is 0 Å². The Hall–Kier alpha value is -0.130. The van der Waals surface area contributed by atoms with Gasteiger partial charge in [0.15, 0.2) is 0 Å². The normalized spacial score (nSPS) is 12.7. The molecule has 0 saturated heterocycles. The molecule has 0 aromatic rings. The first-order valence-corrected chi connectivity index (χ1v) is 4.71. The Morgan fingerprint density at radius 1 is 1.75 bits per heavy atom. The van der Waals surface area contributed by atoms with Crippen molar-refractivity contribution in [2.45, 2.75) is 6.10 Å². The number of ether oxygens (including phenoxy) is 1. The molecule has 0 radical (unpaired) electrons. The summed E-state index contributed by atoms with van der Waals surface area (Å²) in [5.41, 5.74) is 0. The van der Waals surface area contributed by atoms with Crippen LogP contribution >= 0.6 is 15.9 Å². The van der Waals surface area contributed by atoms with Gasteiger partial charge in [-0.15, -0.1) is 0 Å². The van der Waals surface area contributed by atoms with Crippen LogP contribution in [0.5, 0.6) is 0 Å². The van der Waals surface area contributed by atoms with Crippen molar-refractivity contribution in [2.24, 2.45) is 0 Å². The highest BCUT2D eigenvalue weighted by Gasteiger charge is 2.11. The predicted octanol–water partition coefficient (Wildman–Crippen LogP) is -0.153. The molecule has 0 heterocycles. The summed E-state index contributed by atoms with van der Waals surface area (Å²) in [5.74, 6) is -0.0508. The SMILES string of the molecule is COCC(O)CN(C)C(=O)CBr. The number of halogens is 1. The molecule has 0 spiro atoms. The van der Waals surface area contributed by atoms with Gasteiger partial charge in [-0.3, -0.25) is 4.79 Å². The lowest BCUT2D eigenvalue weighted by Gasteiger charge is -2.19. The van der Waals surface area contributed by atoms with E-state index in [1.165, 1.54) is 12.0 Å². The Morgan fingerprint density at radius 2 is 2.33 bits per heavy atom. The molecule has 1 N–H and O–H groups in total. The van der Waals surface area contributed by atoms with E-state index in [0.717, 1.165) is 0 Å². The van der Waals surface area contributed by atoms with E-state index in [4.69, 9.17) is 4.74 Å². The quantitative estimate of drug-likeness (QED) is 0.680. The molecule has 4 nitrogen and oxygen atoms in total. The number of nitrogens with zero attached hydrogens (tertiary/aromatic N) is 1. The van der Waals surface area contributed by atoms with Gasteiger partial charge in [-0.1, -0.05) is 15.9 Å². The lowest BCUT2D eigenvalue weighted by Crippen LogP contribution is -2.36. The minimum Gasteiger partial charge on any atom is -0.389 e. The molecule has 1 amide bonds. The number of rotatable bonds is 5. The number of hydrogen-bond acceptors (Lipinski definition) is 3. The largest absolute Gasteiger partial charge is 0.389 e. The van der Waals surface area contributed by atoms with Crippen molar-refractivity contribution in [1.82, 2.24) is 4.90 Å². The van der Waals surface area contributed by atoms with Crippen molar-refractivity contribution in [3.05, 3.63) is 0 Å². The Labute approximate surface area is 80.6 Å². The van der Waals surface area contributed by atoms with Crippen molar-refractivity contribution in [2.75, 3.05) is 32.6 Å². The van der Waals surface area contributed by atoms with Crippen LogP contribution in [0.25, 0.3) is 0 Å². The van der Waals surface area contributed by atoms with Crippen LogP contribution in [0.3, 0.4) is 0 Å². The van der Waals surface area contributed by atoms with Gasteiger partial charge < -0.3 is 14.7 Å². The lowest BCUT2D eigenvalue weighted by atomic mass is 10.3. The molecular weight excluding hydrogens is 226 g/mol. The molecule has 0 aliphatic carbocycles. The van der Waals surface area contributed by atoms with E-state index in [1.807, 2.05) is 0 Å². The van der Waals surface area contributed by atoms with Crippen LogP contribution in [-0.2, 0) is 9.53 Å². The molecule has 0 saturated carbocycles. The van der Waals surface area contributed by atoms with E-state index in [9.17, 15) is 9.90 Å². The maximum absolute atomic E-state index is 11.0. The van der Waals surface area contributed by atoms with Crippen molar-refractivity contribution in [1.29, 1.82) is 0 Å². The third-order valence-electron chi connectivity index (χ3n) is 1.38. The first-order chi connectivity index (χ1) is 5.61. The fourth-order valence-electron chi connectivity index (χ4n) is 0.765. The fourth-order valence-corrected chi connectivity index (χ4v) is 1.19. The summed E-state index contributed by atoms with van der Waals surface area (Å²) in [4.78, 5) is 12.4. The third kappa shape index (κ3) is 4.69. The molecule has 0 fully saturated rings. The standard InChI is InChI=1S/C7H14BrNO3/c1-9(7(11)3-8)4-6(10)5-12-2/h6,10H,3-5H2,1-2H3. The van der Waals surface area contributed by atoms with Crippen LogP contribution in [0.15, 0.2) is 0 Å². The summed E-state index contributed by atoms with van der Waals surface area (Å²) < 4.78 is 4.72. The highest BCUT2D eigenvalue weighted by atomic mass is 79.9. The molecule has 1 unspecified atom stereocenters. The minimum absolute atomic E-state index is 0.0508. The van der Waals surface area contributed by atoms with Gasteiger partial charge in [0, 0.05) is 20.7 Å². The van der Waals surface area contributed by atoms with Gasteiger partial charge in [-0.2, -0.15) is 0 Å². The second-order valence-corrected chi connectivity index (χ2v) is 3.08. The molecule has 0 aromatic heterocycles. The number of aliphatic hydroxyl groups excluding tert-OH is 1. The molecule has 0 aromatic carbocycles. The lowest BCUT2D eigenvalue weighted by molar-refractivity contribution is -0.128. The molecule has 0 bridgehead atoms. The number of aliphatic hydroxyl groups is 1. The number of carbonyl (C=O) groups is 1. The molecule has 1 atom stereocenters. The first kappa shape index (κ1) is 11.9. The van der Waals surface area contributed by atoms with Gasteiger partial charge in [0.1, 0.15) is 0 Å². The second-order valence-electron chi connectivity index (χ2n) is 2.52. The average Bonchev–Trinajstić information content (AvgIpc) is 2.03. The van der Waals surface area contributed by atoms with Crippen LogP contribution in [0.4, 0.5) is 0 Å². The van der Waals surface area contributed by atoms with Gasteiger partial charge in [0.2, 0.25) is 5.91 Å². The van der Waals surface area contributed by atoms with E-state index >= 15 is 0 Å². The second kappa shape index (κ2) is 6.39. The Bertz CT molecular complexity index is 143.